The Morgan fingerprint density at radius 2 is 1.66 bits per heavy atom. The van der Waals surface area contributed by atoms with Crippen molar-refractivity contribution in [2.24, 2.45) is 0 Å². The number of H-pyrrole nitrogens is 1. The zero-order chi connectivity index (χ0) is 22.7. The molecule has 1 unspecified atom stereocenters. The summed E-state index contributed by atoms with van der Waals surface area (Å²) in [4.78, 5) is 2.72. The average Bonchev–Trinajstić information content (AvgIpc) is 3.13. The first-order valence-corrected chi connectivity index (χ1v) is 12.9. The number of rotatable bonds is 3. The topological polar surface area (TPSA) is 87.3 Å². The van der Waals surface area contributed by atoms with E-state index in [0.29, 0.717) is 20.4 Å². The monoisotopic (exact) mass is 470 g/mol. The highest BCUT2D eigenvalue weighted by atomic mass is 32.3. The second-order valence-corrected chi connectivity index (χ2v) is 11.7. The van der Waals surface area contributed by atoms with Crippen LogP contribution in [0.4, 0.5) is 10.2 Å². The zero-order valence-electron chi connectivity index (χ0n) is 17.0. The van der Waals surface area contributed by atoms with E-state index in [9.17, 15) is 21.2 Å². The van der Waals surface area contributed by atoms with Crippen LogP contribution < -0.4 is 3.71 Å². The van der Waals surface area contributed by atoms with Crippen LogP contribution in [0.2, 0.25) is 0 Å². The molecule has 1 N–H and O–H groups in total. The molecule has 0 saturated carbocycles. The van der Waals surface area contributed by atoms with Gasteiger partial charge in [-0.1, -0.05) is 54.1 Å². The molecule has 0 amide bonds. The van der Waals surface area contributed by atoms with Gasteiger partial charge in [0, 0.05) is 16.9 Å². The van der Waals surface area contributed by atoms with Crippen LogP contribution in [0, 0.1) is 12.7 Å². The van der Waals surface area contributed by atoms with Gasteiger partial charge in [-0.25, -0.2) is 12.8 Å². The van der Waals surface area contributed by atoms with Crippen molar-refractivity contribution in [1.29, 1.82) is 0 Å². The van der Waals surface area contributed by atoms with E-state index in [2.05, 4.69) is 4.98 Å². The van der Waals surface area contributed by atoms with Crippen molar-refractivity contribution in [1.82, 2.24) is 4.98 Å². The lowest BCUT2D eigenvalue weighted by atomic mass is 9.91. The number of fused-ring (bicyclic) bond motifs is 3. The smallest absolute Gasteiger partial charge is 0.278 e. The van der Waals surface area contributed by atoms with Gasteiger partial charge in [0.2, 0.25) is 0 Å². The molecule has 0 radical (unpaired) electrons. The Morgan fingerprint density at radius 3 is 2.34 bits per heavy atom. The normalized spacial score (nSPS) is 17.9. The summed E-state index contributed by atoms with van der Waals surface area (Å²) in [6, 6.07) is 19.1. The molecule has 164 valence electrons. The highest BCUT2D eigenvalue weighted by Gasteiger charge is 2.46. The van der Waals surface area contributed by atoms with Crippen molar-refractivity contribution in [3.8, 4) is 0 Å². The van der Waals surface area contributed by atoms with Gasteiger partial charge < -0.3 is 4.98 Å². The molecule has 32 heavy (non-hydrogen) atoms. The van der Waals surface area contributed by atoms with Crippen molar-refractivity contribution < 1.29 is 21.2 Å². The summed E-state index contributed by atoms with van der Waals surface area (Å²) in [5.41, 5.74) is 2.14. The first-order valence-electron chi connectivity index (χ1n) is 9.90. The maximum absolute atomic E-state index is 14.9. The number of hydrogen-bond acceptors (Lipinski definition) is 4. The molecule has 9 heteroatoms. The Balaban J connectivity index is 1.83. The van der Waals surface area contributed by atoms with Crippen molar-refractivity contribution in [3.05, 3.63) is 95.3 Å². The third-order valence-electron chi connectivity index (χ3n) is 5.69. The summed E-state index contributed by atoms with van der Waals surface area (Å²) in [5.74, 6) is -1.93. The molecule has 0 aliphatic carbocycles. The number of nitrogens with zero attached hydrogens (tertiary/aromatic N) is 1. The van der Waals surface area contributed by atoms with Gasteiger partial charge in [-0.2, -0.15) is 8.42 Å². The van der Waals surface area contributed by atoms with E-state index in [1.807, 2.05) is 0 Å². The molecule has 1 atom stereocenters. The van der Waals surface area contributed by atoms with Crippen molar-refractivity contribution >= 4 is 36.8 Å². The molecule has 1 aliphatic heterocycles. The first kappa shape index (κ1) is 20.7. The SMILES string of the molecule is Cc1ccc(S(=O)(=O)N2c3[nH]c4cccc(F)c4c3C(c3ccccc3)CS2(=O)=O)cc1. The molecular formula is C23H19FN2O4S2. The van der Waals surface area contributed by atoms with Crippen molar-refractivity contribution in [2.75, 3.05) is 9.46 Å². The number of benzene rings is 3. The maximum atomic E-state index is 14.9. The molecular weight excluding hydrogens is 451 g/mol. The van der Waals surface area contributed by atoms with Crippen LogP contribution in [0.25, 0.3) is 10.9 Å². The largest absolute Gasteiger partial charge is 0.339 e. The fourth-order valence-corrected chi connectivity index (χ4v) is 8.25. The van der Waals surface area contributed by atoms with E-state index >= 15 is 0 Å². The Bertz CT molecular complexity index is 1550. The fraction of sp³-hybridized carbons (Fsp3) is 0.130. The number of hydrogen-bond donors (Lipinski definition) is 1. The molecule has 0 bridgehead atoms. The van der Waals surface area contributed by atoms with Gasteiger partial charge in [0.15, 0.2) is 0 Å². The molecule has 3 aromatic carbocycles. The van der Waals surface area contributed by atoms with Gasteiger partial charge in [0.25, 0.3) is 20.0 Å². The van der Waals surface area contributed by atoms with Gasteiger partial charge in [-0.3, -0.25) is 0 Å². The number of nitrogens with one attached hydrogen (secondary N) is 1. The van der Waals surface area contributed by atoms with Gasteiger partial charge in [-0.05, 0) is 36.8 Å². The molecule has 5 rings (SSSR count). The van der Waals surface area contributed by atoms with E-state index in [1.54, 1.807) is 55.5 Å². The molecule has 1 aromatic heterocycles. The number of aromatic nitrogens is 1. The Labute approximate surface area is 185 Å². The minimum absolute atomic E-state index is 0.147. The lowest BCUT2D eigenvalue weighted by Crippen LogP contribution is -2.43. The molecule has 4 aromatic rings. The highest BCUT2D eigenvalue weighted by Crippen LogP contribution is 2.46. The Hall–Kier alpha value is -3.17. The van der Waals surface area contributed by atoms with E-state index in [0.717, 1.165) is 5.56 Å². The Morgan fingerprint density at radius 1 is 0.969 bits per heavy atom. The molecule has 1 aliphatic rings. The third kappa shape index (κ3) is 3.11. The lowest BCUT2D eigenvalue weighted by molar-refractivity contribution is 0.578. The predicted molar refractivity (Wildman–Crippen MR) is 121 cm³/mol. The summed E-state index contributed by atoms with van der Waals surface area (Å²) in [6.07, 6.45) is 0. The summed E-state index contributed by atoms with van der Waals surface area (Å²) < 4.78 is 69.2. The van der Waals surface area contributed by atoms with E-state index < -0.39 is 37.5 Å². The fourth-order valence-electron chi connectivity index (χ4n) is 4.22. The summed E-state index contributed by atoms with van der Waals surface area (Å²) in [5, 5.41) is 0.190. The minimum atomic E-state index is -4.47. The van der Waals surface area contributed by atoms with E-state index in [1.165, 1.54) is 24.3 Å². The second kappa shape index (κ2) is 7.18. The third-order valence-corrected chi connectivity index (χ3v) is 9.89. The quantitative estimate of drug-likeness (QED) is 0.484. The summed E-state index contributed by atoms with van der Waals surface area (Å²) >= 11 is 0. The zero-order valence-corrected chi connectivity index (χ0v) is 18.6. The van der Waals surface area contributed by atoms with Gasteiger partial charge >= 0.3 is 0 Å². The number of sulfonamides is 2. The maximum Gasteiger partial charge on any atom is 0.278 e. The first-order chi connectivity index (χ1) is 15.2. The van der Waals surface area contributed by atoms with Crippen LogP contribution in [0.15, 0.2) is 77.7 Å². The van der Waals surface area contributed by atoms with Crippen molar-refractivity contribution in [2.45, 2.75) is 17.7 Å². The molecule has 0 fully saturated rings. The van der Waals surface area contributed by atoms with Crippen LogP contribution in [0.1, 0.15) is 22.6 Å². The molecule has 6 nitrogen and oxygen atoms in total. The second-order valence-electron chi connectivity index (χ2n) is 7.81. The number of aromatic amines is 1. The van der Waals surface area contributed by atoms with Crippen LogP contribution in [-0.4, -0.2) is 27.6 Å². The summed E-state index contributed by atoms with van der Waals surface area (Å²) in [7, 11) is -8.79. The number of aryl methyl sites for hydroxylation is 1. The van der Waals surface area contributed by atoms with Crippen LogP contribution in [0.5, 0.6) is 0 Å². The standard InChI is InChI=1S/C23H19FN2O4S2/c1-15-10-12-17(13-11-15)32(29,30)26-23-21(22-19(24)8-5-9-20(22)25-23)18(14-31(26,27)28)16-6-3-2-4-7-16/h2-13,18,25H,14H2,1H3. The van der Waals surface area contributed by atoms with Crippen LogP contribution in [-0.2, 0) is 20.0 Å². The minimum Gasteiger partial charge on any atom is -0.339 e. The highest BCUT2D eigenvalue weighted by molar-refractivity contribution is 8.10. The predicted octanol–water partition coefficient (Wildman–Crippen LogP) is 4.29. The average molecular weight is 471 g/mol. The lowest BCUT2D eigenvalue weighted by Gasteiger charge is -2.32. The molecule has 0 saturated heterocycles. The van der Waals surface area contributed by atoms with Crippen LogP contribution >= 0.6 is 0 Å². The van der Waals surface area contributed by atoms with Crippen LogP contribution in [0.3, 0.4) is 0 Å². The van der Waals surface area contributed by atoms with Gasteiger partial charge in [0.05, 0.1) is 16.2 Å². The van der Waals surface area contributed by atoms with E-state index in [4.69, 9.17) is 0 Å². The number of anilines is 1. The summed E-state index contributed by atoms with van der Waals surface area (Å²) in [6.45, 7) is 1.80. The van der Waals surface area contributed by atoms with Gasteiger partial charge in [0.1, 0.15) is 11.6 Å². The van der Waals surface area contributed by atoms with Gasteiger partial charge in [-0.15, -0.1) is 3.71 Å². The number of halogens is 1. The van der Waals surface area contributed by atoms with Crippen molar-refractivity contribution in [3.63, 3.8) is 0 Å². The molecule has 0 spiro atoms. The van der Waals surface area contributed by atoms with E-state index in [-0.39, 0.29) is 16.1 Å². The Kier molecular flexibility index (Phi) is 4.65. The molecule has 2 heterocycles.